The Bertz CT molecular complexity index is 530. The highest BCUT2D eigenvalue weighted by Gasteiger charge is 2.16. The molecule has 13 heavy (non-hydrogen) atoms. The molecule has 1 aromatic carbocycles. The number of nitrogens with one attached hydrogen (secondary N) is 1. The summed E-state index contributed by atoms with van der Waals surface area (Å²) in [6, 6.07) is 0.684. The van der Waals surface area contributed by atoms with Gasteiger partial charge in [-0.3, -0.25) is 9.17 Å². The molecule has 2 nitrogen and oxygen atoms in total. The number of benzene rings is 1. The molecule has 0 fully saturated rings. The van der Waals surface area contributed by atoms with Crippen LogP contribution in [0.2, 0.25) is 0 Å². The van der Waals surface area contributed by atoms with Crippen LogP contribution in [0, 0.1) is 17.5 Å². The highest BCUT2D eigenvalue weighted by Crippen LogP contribution is 2.22. The second-order valence-corrected chi connectivity index (χ2v) is 3.21. The molecule has 0 aliphatic heterocycles. The van der Waals surface area contributed by atoms with Gasteiger partial charge in [0.05, 0.1) is 10.1 Å². The summed E-state index contributed by atoms with van der Waals surface area (Å²) in [5.41, 5.74) is -0.613. The number of H-pyrrole nitrogens is 1. The minimum Gasteiger partial charge on any atom is -0.277 e. The summed E-state index contributed by atoms with van der Waals surface area (Å²) in [7, 11) is 0. The lowest BCUT2D eigenvalue weighted by Gasteiger charge is -1.94. The summed E-state index contributed by atoms with van der Waals surface area (Å²) < 4.78 is 40.1. The monoisotopic (exact) mass is 205 g/mol. The molecule has 0 saturated carbocycles. The maximum absolute atomic E-state index is 12.9. The Balaban J connectivity index is 3.04. The van der Waals surface area contributed by atoms with Crippen LogP contribution in [-0.4, -0.2) is 4.37 Å². The third-order valence-electron chi connectivity index (χ3n) is 1.61. The van der Waals surface area contributed by atoms with E-state index in [0.717, 1.165) is 0 Å². The van der Waals surface area contributed by atoms with Gasteiger partial charge in [-0.15, -0.1) is 0 Å². The average molecular weight is 205 g/mol. The lowest BCUT2D eigenvalue weighted by Crippen LogP contribution is -1.99. The molecule has 0 unspecified atom stereocenters. The van der Waals surface area contributed by atoms with Crippen LogP contribution < -0.4 is 5.56 Å². The van der Waals surface area contributed by atoms with E-state index in [1.54, 1.807) is 0 Å². The number of halogens is 3. The standard InChI is InChI=1S/C7H2F3NOS/c8-3-1-2-6(5(10)4(3)9)13-11-7(2)12/h1H,(H,11,12). The third-order valence-corrected chi connectivity index (χ3v) is 2.50. The largest absolute Gasteiger partial charge is 0.277 e. The van der Waals surface area contributed by atoms with Gasteiger partial charge in [0, 0.05) is 0 Å². The first kappa shape index (κ1) is 8.31. The minimum atomic E-state index is -1.55. The molecule has 1 N–H and O–H groups in total. The number of rotatable bonds is 0. The van der Waals surface area contributed by atoms with E-state index in [9.17, 15) is 18.0 Å². The zero-order valence-corrected chi connectivity index (χ0v) is 6.84. The Kier molecular flexibility index (Phi) is 1.66. The molecule has 0 saturated heterocycles. The van der Waals surface area contributed by atoms with Crippen molar-refractivity contribution in [2.24, 2.45) is 0 Å². The van der Waals surface area contributed by atoms with E-state index < -0.39 is 23.0 Å². The van der Waals surface area contributed by atoms with Gasteiger partial charge in [0.15, 0.2) is 17.5 Å². The van der Waals surface area contributed by atoms with E-state index in [1.165, 1.54) is 0 Å². The van der Waals surface area contributed by atoms with Crippen molar-refractivity contribution in [3.8, 4) is 0 Å². The van der Waals surface area contributed by atoms with Crippen molar-refractivity contribution < 1.29 is 13.2 Å². The van der Waals surface area contributed by atoms with Crippen LogP contribution in [0.25, 0.3) is 10.1 Å². The highest BCUT2D eigenvalue weighted by atomic mass is 32.1. The zero-order valence-electron chi connectivity index (χ0n) is 6.03. The molecular formula is C7H2F3NOS. The molecule has 0 radical (unpaired) electrons. The van der Waals surface area contributed by atoms with Crippen LogP contribution >= 0.6 is 11.5 Å². The van der Waals surface area contributed by atoms with Gasteiger partial charge in [0.25, 0.3) is 5.56 Å². The number of hydrogen-bond acceptors (Lipinski definition) is 2. The molecule has 0 atom stereocenters. The van der Waals surface area contributed by atoms with E-state index in [0.29, 0.717) is 17.6 Å². The maximum atomic E-state index is 12.9. The first-order valence-electron chi connectivity index (χ1n) is 3.26. The quantitative estimate of drug-likeness (QED) is 0.655. The summed E-state index contributed by atoms with van der Waals surface area (Å²) in [5, 5.41) is -0.165. The van der Waals surface area contributed by atoms with Crippen molar-refractivity contribution in [2.75, 3.05) is 0 Å². The summed E-state index contributed by atoms with van der Waals surface area (Å²) in [5.74, 6) is -4.23. The molecule has 1 heterocycles. The van der Waals surface area contributed by atoms with Crippen LogP contribution in [0.1, 0.15) is 0 Å². The molecule has 2 rings (SSSR count). The van der Waals surface area contributed by atoms with E-state index >= 15 is 0 Å². The molecular weight excluding hydrogens is 203 g/mol. The summed E-state index contributed by atoms with van der Waals surface area (Å²) >= 11 is 0.644. The SMILES string of the molecule is O=c1[nH]sc2c(F)c(F)c(F)cc12. The lowest BCUT2D eigenvalue weighted by atomic mass is 10.2. The van der Waals surface area contributed by atoms with Crippen molar-refractivity contribution in [1.82, 2.24) is 4.37 Å². The van der Waals surface area contributed by atoms with Crippen LogP contribution in [0.15, 0.2) is 10.9 Å². The smallest absolute Gasteiger partial charge is 0.266 e. The third kappa shape index (κ3) is 1.06. The lowest BCUT2D eigenvalue weighted by molar-refractivity contribution is 0.454. The summed E-state index contributed by atoms with van der Waals surface area (Å²) in [6.45, 7) is 0. The fourth-order valence-corrected chi connectivity index (χ4v) is 1.74. The molecule has 0 aliphatic rings. The summed E-state index contributed by atoms with van der Waals surface area (Å²) in [4.78, 5) is 10.9. The predicted octanol–water partition coefficient (Wildman–Crippen LogP) is 2.01. The zero-order chi connectivity index (χ0) is 9.59. The van der Waals surface area contributed by atoms with Gasteiger partial charge in [0.2, 0.25) is 0 Å². The van der Waals surface area contributed by atoms with Crippen LogP contribution in [0.4, 0.5) is 13.2 Å². The van der Waals surface area contributed by atoms with E-state index in [4.69, 9.17) is 0 Å². The van der Waals surface area contributed by atoms with Gasteiger partial charge >= 0.3 is 0 Å². The van der Waals surface area contributed by atoms with Crippen molar-refractivity contribution in [2.45, 2.75) is 0 Å². The molecule has 1 aromatic heterocycles. The second kappa shape index (κ2) is 2.59. The number of aromatic amines is 1. The fourth-order valence-electron chi connectivity index (χ4n) is 0.999. The van der Waals surface area contributed by atoms with Crippen molar-refractivity contribution in [1.29, 1.82) is 0 Å². The Morgan fingerprint density at radius 2 is 1.92 bits per heavy atom. The highest BCUT2D eigenvalue weighted by molar-refractivity contribution is 7.13. The summed E-state index contributed by atoms with van der Waals surface area (Å²) in [6.07, 6.45) is 0. The molecule has 0 spiro atoms. The van der Waals surface area contributed by atoms with E-state index in [-0.39, 0.29) is 10.1 Å². The number of fused-ring (bicyclic) bond motifs is 1. The van der Waals surface area contributed by atoms with Gasteiger partial charge in [-0.2, -0.15) is 0 Å². The first-order chi connectivity index (χ1) is 6.11. The van der Waals surface area contributed by atoms with Crippen molar-refractivity contribution in [3.05, 3.63) is 33.9 Å². The van der Waals surface area contributed by atoms with Crippen LogP contribution in [0.5, 0.6) is 0 Å². The van der Waals surface area contributed by atoms with Gasteiger partial charge in [-0.05, 0) is 6.07 Å². The predicted molar refractivity (Wildman–Crippen MR) is 42.3 cm³/mol. The van der Waals surface area contributed by atoms with Gasteiger partial charge in [-0.1, -0.05) is 11.5 Å². The Hall–Kier alpha value is -1.30. The van der Waals surface area contributed by atoms with E-state index in [1.807, 2.05) is 0 Å². The molecule has 6 heteroatoms. The fraction of sp³-hybridized carbons (Fsp3) is 0. The molecule has 0 amide bonds. The van der Waals surface area contributed by atoms with Gasteiger partial charge in [0.1, 0.15) is 0 Å². The number of hydrogen-bond donors (Lipinski definition) is 1. The van der Waals surface area contributed by atoms with Gasteiger partial charge in [-0.25, -0.2) is 13.2 Å². The molecule has 2 aromatic rings. The number of aromatic nitrogens is 1. The van der Waals surface area contributed by atoms with Gasteiger partial charge < -0.3 is 0 Å². The average Bonchev–Trinajstić information content (AvgIpc) is 2.45. The Labute approximate surface area is 73.8 Å². The molecule has 0 aliphatic carbocycles. The molecule has 0 bridgehead atoms. The molecule has 68 valence electrons. The van der Waals surface area contributed by atoms with Crippen LogP contribution in [-0.2, 0) is 0 Å². The second-order valence-electron chi connectivity index (χ2n) is 2.40. The van der Waals surface area contributed by atoms with Crippen molar-refractivity contribution >= 4 is 21.6 Å². The van der Waals surface area contributed by atoms with E-state index in [2.05, 4.69) is 4.37 Å². The van der Waals surface area contributed by atoms with Crippen molar-refractivity contribution in [3.63, 3.8) is 0 Å². The Morgan fingerprint density at radius 1 is 1.23 bits per heavy atom. The topological polar surface area (TPSA) is 32.9 Å². The normalized spacial score (nSPS) is 11.0. The first-order valence-corrected chi connectivity index (χ1v) is 4.07. The maximum Gasteiger partial charge on any atom is 0.266 e. The van der Waals surface area contributed by atoms with Crippen LogP contribution in [0.3, 0.4) is 0 Å². The minimum absolute atomic E-state index is 0.165. The Morgan fingerprint density at radius 3 is 2.62 bits per heavy atom.